The van der Waals surface area contributed by atoms with Gasteiger partial charge in [0.25, 0.3) is 0 Å². The molecule has 0 aliphatic carbocycles. The van der Waals surface area contributed by atoms with E-state index >= 15 is 0 Å². The molecule has 4 rings (SSSR count). The zero-order valence-electron chi connectivity index (χ0n) is 18.2. The molecule has 2 heterocycles. The van der Waals surface area contributed by atoms with Gasteiger partial charge in [-0.3, -0.25) is 0 Å². The van der Waals surface area contributed by atoms with Crippen LogP contribution in [0.2, 0.25) is 0 Å². The first-order chi connectivity index (χ1) is 15.1. The Bertz CT molecular complexity index is 1340. The first-order valence-electron chi connectivity index (χ1n) is 10.3. The highest BCUT2D eigenvalue weighted by Gasteiger charge is 2.19. The summed E-state index contributed by atoms with van der Waals surface area (Å²) in [7, 11) is -3.73. The summed E-state index contributed by atoms with van der Waals surface area (Å²) in [6, 6.07) is 16.7. The summed E-state index contributed by atoms with van der Waals surface area (Å²) in [6.45, 7) is 6.63. The van der Waals surface area contributed by atoms with Gasteiger partial charge in [0.15, 0.2) is 5.65 Å². The van der Waals surface area contributed by atoms with Gasteiger partial charge in [0, 0.05) is 6.20 Å². The SMILES string of the molecule is CC(C)(C)c1ccc(S(=O)(=O)NCc2nc3cccnc3n2Cc2ccc(F)cc2)cc1. The van der Waals surface area contributed by atoms with Gasteiger partial charge in [-0.25, -0.2) is 27.5 Å². The van der Waals surface area contributed by atoms with E-state index in [1.54, 1.807) is 36.5 Å². The first kappa shape index (κ1) is 22.1. The van der Waals surface area contributed by atoms with Crippen molar-refractivity contribution in [2.75, 3.05) is 0 Å². The molecule has 6 nitrogen and oxygen atoms in total. The molecule has 0 aliphatic rings. The molecular formula is C24H25FN4O2S. The van der Waals surface area contributed by atoms with Gasteiger partial charge in [0.1, 0.15) is 17.2 Å². The van der Waals surface area contributed by atoms with Crippen molar-refractivity contribution < 1.29 is 12.8 Å². The van der Waals surface area contributed by atoms with E-state index in [0.29, 0.717) is 23.5 Å². The standard InChI is InChI=1S/C24H25FN4O2S/c1-24(2,3)18-8-12-20(13-9-18)32(30,31)27-15-22-28-21-5-4-14-26-23(21)29(22)16-17-6-10-19(25)11-7-17/h4-14,27H,15-16H2,1-3H3. The Morgan fingerprint density at radius 2 is 1.69 bits per heavy atom. The summed E-state index contributed by atoms with van der Waals surface area (Å²) in [5, 5.41) is 0. The molecule has 0 radical (unpaired) electrons. The van der Waals surface area contributed by atoms with Crippen molar-refractivity contribution in [2.45, 2.75) is 44.2 Å². The van der Waals surface area contributed by atoms with Crippen LogP contribution in [0, 0.1) is 5.82 Å². The van der Waals surface area contributed by atoms with Crippen molar-refractivity contribution >= 4 is 21.2 Å². The topological polar surface area (TPSA) is 76.9 Å². The quantitative estimate of drug-likeness (QED) is 0.471. The van der Waals surface area contributed by atoms with E-state index < -0.39 is 10.0 Å². The minimum absolute atomic E-state index is 0.000903. The van der Waals surface area contributed by atoms with Crippen LogP contribution in [0.3, 0.4) is 0 Å². The zero-order valence-corrected chi connectivity index (χ0v) is 19.0. The van der Waals surface area contributed by atoms with Gasteiger partial charge in [0.2, 0.25) is 10.0 Å². The van der Waals surface area contributed by atoms with Gasteiger partial charge < -0.3 is 4.57 Å². The highest BCUT2D eigenvalue weighted by molar-refractivity contribution is 7.89. The molecule has 0 atom stereocenters. The molecular weight excluding hydrogens is 427 g/mol. The maximum absolute atomic E-state index is 13.3. The lowest BCUT2D eigenvalue weighted by molar-refractivity contribution is 0.574. The van der Waals surface area contributed by atoms with Crippen LogP contribution in [0.4, 0.5) is 4.39 Å². The van der Waals surface area contributed by atoms with Crippen LogP contribution in [0.15, 0.2) is 71.8 Å². The summed E-state index contributed by atoms with van der Waals surface area (Å²) in [5.41, 5.74) is 3.16. The second-order valence-corrected chi connectivity index (χ2v) is 10.5. The molecule has 0 bridgehead atoms. The van der Waals surface area contributed by atoms with Gasteiger partial charge in [-0.2, -0.15) is 0 Å². The maximum atomic E-state index is 13.3. The number of benzene rings is 2. The van der Waals surface area contributed by atoms with Crippen LogP contribution in [0.1, 0.15) is 37.7 Å². The Balaban J connectivity index is 1.60. The third kappa shape index (κ3) is 4.71. The van der Waals surface area contributed by atoms with Gasteiger partial charge >= 0.3 is 0 Å². The Labute approximate surface area is 187 Å². The molecule has 0 unspecified atom stereocenters. The van der Waals surface area contributed by atoms with Crippen molar-refractivity contribution in [1.29, 1.82) is 0 Å². The van der Waals surface area contributed by atoms with Crippen LogP contribution in [0.5, 0.6) is 0 Å². The van der Waals surface area contributed by atoms with Crippen molar-refractivity contribution in [2.24, 2.45) is 0 Å². The predicted octanol–water partition coefficient (Wildman–Crippen LogP) is 4.39. The van der Waals surface area contributed by atoms with Crippen LogP contribution in [-0.2, 0) is 28.5 Å². The van der Waals surface area contributed by atoms with Crippen LogP contribution in [-0.4, -0.2) is 23.0 Å². The van der Waals surface area contributed by atoms with Crippen molar-refractivity contribution in [3.05, 3.63) is 89.6 Å². The molecule has 0 amide bonds. The van der Waals surface area contributed by atoms with Crippen LogP contribution >= 0.6 is 0 Å². The molecule has 4 aromatic rings. The molecule has 1 N–H and O–H groups in total. The average molecular weight is 453 g/mol. The molecule has 2 aromatic carbocycles. The number of imidazole rings is 1. The Morgan fingerprint density at radius 3 is 2.34 bits per heavy atom. The van der Waals surface area contributed by atoms with Gasteiger partial charge in [0.05, 0.1) is 18.0 Å². The van der Waals surface area contributed by atoms with Gasteiger partial charge in [-0.05, 0) is 52.9 Å². The molecule has 0 fully saturated rings. The number of halogens is 1. The fourth-order valence-electron chi connectivity index (χ4n) is 3.46. The predicted molar refractivity (Wildman–Crippen MR) is 122 cm³/mol. The van der Waals surface area contributed by atoms with Gasteiger partial charge in [-0.15, -0.1) is 0 Å². The summed E-state index contributed by atoms with van der Waals surface area (Å²) in [5.74, 6) is 0.214. The number of hydrogen-bond acceptors (Lipinski definition) is 4. The Kier molecular flexibility index (Phi) is 5.83. The zero-order chi connectivity index (χ0) is 22.9. The normalized spacial score (nSPS) is 12.4. The lowest BCUT2D eigenvalue weighted by atomic mass is 9.87. The molecule has 0 saturated heterocycles. The molecule has 0 saturated carbocycles. The highest BCUT2D eigenvalue weighted by Crippen LogP contribution is 2.23. The monoisotopic (exact) mass is 452 g/mol. The smallest absolute Gasteiger partial charge is 0.240 e. The molecule has 0 aliphatic heterocycles. The second-order valence-electron chi connectivity index (χ2n) is 8.69. The van der Waals surface area contributed by atoms with E-state index in [1.165, 1.54) is 12.1 Å². The molecule has 166 valence electrons. The Hall–Kier alpha value is -3.10. The molecule has 8 heteroatoms. The number of fused-ring (bicyclic) bond motifs is 1. The number of aromatic nitrogens is 3. The third-order valence-corrected chi connectivity index (χ3v) is 6.70. The van der Waals surface area contributed by atoms with E-state index in [4.69, 9.17) is 0 Å². The first-order valence-corrected chi connectivity index (χ1v) is 11.8. The summed E-state index contributed by atoms with van der Waals surface area (Å²) in [4.78, 5) is 9.17. The maximum Gasteiger partial charge on any atom is 0.240 e. The van der Waals surface area contributed by atoms with Crippen LogP contribution < -0.4 is 4.72 Å². The third-order valence-electron chi connectivity index (χ3n) is 5.29. The van der Waals surface area contributed by atoms with Crippen LogP contribution in [0.25, 0.3) is 11.2 Å². The average Bonchev–Trinajstić information content (AvgIpc) is 3.11. The van der Waals surface area contributed by atoms with E-state index in [2.05, 4.69) is 35.5 Å². The summed E-state index contributed by atoms with van der Waals surface area (Å²) in [6.07, 6.45) is 1.66. The van der Waals surface area contributed by atoms with Crippen molar-refractivity contribution in [3.63, 3.8) is 0 Å². The van der Waals surface area contributed by atoms with Gasteiger partial charge in [-0.1, -0.05) is 45.0 Å². The molecule has 0 spiro atoms. The number of pyridine rings is 1. The summed E-state index contributed by atoms with van der Waals surface area (Å²) < 4.78 is 43.5. The van der Waals surface area contributed by atoms with Crippen molar-refractivity contribution in [3.8, 4) is 0 Å². The number of sulfonamides is 1. The lowest BCUT2D eigenvalue weighted by Crippen LogP contribution is -2.25. The number of nitrogens with one attached hydrogen (secondary N) is 1. The summed E-state index contributed by atoms with van der Waals surface area (Å²) >= 11 is 0. The van der Waals surface area contributed by atoms with E-state index in [-0.39, 0.29) is 22.7 Å². The van der Waals surface area contributed by atoms with E-state index in [1.807, 2.05) is 22.8 Å². The highest BCUT2D eigenvalue weighted by atomic mass is 32.2. The minimum atomic E-state index is -3.73. The minimum Gasteiger partial charge on any atom is -0.307 e. The fourth-order valence-corrected chi connectivity index (χ4v) is 4.44. The van der Waals surface area contributed by atoms with E-state index in [9.17, 15) is 12.8 Å². The number of rotatable bonds is 6. The molecule has 2 aromatic heterocycles. The Morgan fingerprint density at radius 1 is 1.00 bits per heavy atom. The van der Waals surface area contributed by atoms with E-state index in [0.717, 1.165) is 11.1 Å². The second kappa shape index (κ2) is 8.44. The number of hydrogen-bond donors (Lipinski definition) is 1. The largest absolute Gasteiger partial charge is 0.307 e. The molecule has 32 heavy (non-hydrogen) atoms. The lowest BCUT2D eigenvalue weighted by Gasteiger charge is -2.19. The number of nitrogens with zero attached hydrogens (tertiary/aromatic N) is 3. The fraction of sp³-hybridized carbons (Fsp3) is 0.250. The van der Waals surface area contributed by atoms with Crippen molar-refractivity contribution in [1.82, 2.24) is 19.3 Å².